The summed E-state index contributed by atoms with van der Waals surface area (Å²) in [5, 5.41) is 6.20. The van der Waals surface area contributed by atoms with E-state index in [-0.39, 0.29) is 17.9 Å². The zero-order valence-electron chi connectivity index (χ0n) is 20.8. The lowest BCUT2D eigenvalue weighted by atomic mass is 10.1. The highest BCUT2D eigenvalue weighted by Crippen LogP contribution is 2.43. The molecule has 1 aromatic heterocycles. The van der Waals surface area contributed by atoms with Gasteiger partial charge in [0, 0.05) is 30.9 Å². The number of nitrogens with zero attached hydrogens (tertiary/aromatic N) is 4. The normalized spacial score (nSPS) is 15.3. The summed E-state index contributed by atoms with van der Waals surface area (Å²) in [4.78, 5) is 38.9. The molecule has 36 heavy (non-hydrogen) atoms. The van der Waals surface area contributed by atoms with Crippen molar-refractivity contribution in [2.75, 3.05) is 28.7 Å². The number of amides is 2. The molecule has 3 aromatic rings. The molecular weight excluding hydrogens is 452 g/mol. The molecule has 0 atom stereocenters. The van der Waals surface area contributed by atoms with E-state index >= 15 is 0 Å². The molecule has 1 aliphatic carbocycles. The van der Waals surface area contributed by atoms with E-state index < -0.39 is 0 Å². The molecule has 2 heterocycles. The van der Waals surface area contributed by atoms with Gasteiger partial charge in [0.15, 0.2) is 5.82 Å². The summed E-state index contributed by atoms with van der Waals surface area (Å²) in [6.07, 6.45) is 8.15. The van der Waals surface area contributed by atoms with Crippen LogP contribution in [-0.4, -0.2) is 41.4 Å². The summed E-state index contributed by atoms with van der Waals surface area (Å²) < 4.78 is 0. The second-order valence-corrected chi connectivity index (χ2v) is 9.40. The number of rotatable bonds is 7. The first kappa shape index (κ1) is 23.8. The monoisotopic (exact) mass is 484 g/mol. The van der Waals surface area contributed by atoms with Gasteiger partial charge in [0.1, 0.15) is 5.69 Å². The van der Waals surface area contributed by atoms with Crippen molar-refractivity contribution in [3.8, 4) is 0 Å². The maximum atomic E-state index is 13.3. The number of nitrogens with one attached hydrogen (secondary N) is 2. The van der Waals surface area contributed by atoms with Crippen LogP contribution >= 0.6 is 0 Å². The van der Waals surface area contributed by atoms with Crippen LogP contribution in [0.15, 0.2) is 54.7 Å². The Morgan fingerprint density at radius 2 is 1.81 bits per heavy atom. The van der Waals surface area contributed by atoms with E-state index in [1.54, 1.807) is 30.3 Å². The molecule has 1 aliphatic heterocycles. The molecule has 2 N–H and O–H groups in total. The molecule has 8 heteroatoms. The summed E-state index contributed by atoms with van der Waals surface area (Å²) in [7, 11) is 1.77. The highest BCUT2D eigenvalue weighted by atomic mass is 16.2. The highest BCUT2D eigenvalue weighted by molar-refractivity contribution is 6.13. The van der Waals surface area contributed by atoms with Gasteiger partial charge in [0.05, 0.1) is 17.4 Å². The summed E-state index contributed by atoms with van der Waals surface area (Å²) in [6, 6.07) is 15.3. The SMILES string of the molecule is CCCCNC(=O)c1ccc(Nc2ncc3c(n2)N(C2CCCC2)c2ccccc2C(=O)N3C)cc1. The quantitative estimate of drug-likeness (QED) is 0.435. The van der Waals surface area contributed by atoms with Gasteiger partial charge in [-0.2, -0.15) is 4.98 Å². The number of anilines is 5. The first-order valence-corrected chi connectivity index (χ1v) is 12.8. The van der Waals surface area contributed by atoms with Crippen molar-refractivity contribution in [3.05, 3.63) is 65.9 Å². The number of benzene rings is 2. The largest absolute Gasteiger partial charge is 0.352 e. The van der Waals surface area contributed by atoms with Gasteiger partial charge >= 0.3 is 0 Å². The van der Waals surface area contributed by atoms with Gasteiger partial charge in [-0.15, -0.1) is 0 Å². The molecule has 2 amide bonds. The van der Waals surface area contributed by atoms with Gasteiger partial charge in [-0.1, -0.05) is 38.3 Å². The molecule has 1 fully saturated rings. The summed E-state index contributed by atoms with van der Waals surface area (Å²) in [5.74, 6) is 1.03. The molecule has 0 saturated heterocycles. The first-order valence-electron chi connectivity index (χ1n) is 12.8. The zero-order valence-corrected chi connectivity index (χ0v) is 20.8. The maximum Gasteiger partial charge on any atom is 0.260 e. The van der Waals surface area contributed by atoms with Crippen molar-refractivity contribution in [1.29, 1.82) is 0 Å². The fourth-order valence-electron chi connectivity index (χ4n) is 4.96. The molecule has 0 spiro atoms. The molecule has 1 saturated carbocycles. The third-order valence-electron chi connectivity index (χ3n) is 6.95. The van der Waals surface area contributed by atoms with E-state index in [2.05, 4.69) is 27.4 Å². The van der Waals surface area contributed by atoms with Crippen molar-refractivity contribution in [3.63, 3.8) is 0 Å². The van der Waals surface area contributed by atoms with Gasteiger partial charge in [-0.25, -0.2) is 4.98 Å². The van der Waals surface area contributed by atoms with Gasteiger partial charge in [-0.05, 0) is 55.7 Å². The predicted molar refractivity (Wildman–Crippen MR) is 143 cm³/mol. The fraction of sp³-hybridized carbons (Fsp3) is 0.357. The number of fused-ring (bicyclic) bond motifs is 2. The minimum atomic E-state index is -0.0742. The number of carbonyl (C=O) groups is 2. The predicted octanol–water partition coefficient (Wildman–Crippen LogP) is 5.42. The Bertz CT molecular complexity index is 1250. The Morgan fingerprint density at radius 1 is 1.06 bits per heavy atom. The molecule has 5 rings (SSSR count). The van der Waals surface area contributed by atoms with Crippen LogP contribution in [0.25, 0.3) is 0 Å². The molecule has 2 aliphatic rings. The second kappa shape index (κ2) is 10.4. The van der Waals surface area contributed by atoms with Gasteiger partial charge < -0.3 is 20.4 Å². The van der Waals surface area contributed by atoms with Crippen molar-refractivity contribution >= 4 is 40.6 Å². The second-order valence-electron chi connectivity index (χ2n) is 9.40. The summed E-state index contributed by atoms with van der Waals surface area (Å²) in [6.45, 7) is 2.77. The maximum absolute atomic E-state index is 13.3. The number of para-hydroxylation sites is 1. The Hall–Kier alpha value is -3.94. The van der Waals surface area contributed by atoms with Crippen LogP contribution in [0, 0.1) is 0 Å². The zero-order chi connectivity index (χ0) is 25.1. The lowest BCUT2D eigenvalue weighted by Crippen LogP contribution is -2.30. The fourth-order valence-corrected chi connectivity index (χ4v) is 4.96. The highest BCUT2D eigenvalue weighted by Gasteiger charge is 2.35. The van der Waals surface area contributed by atoms with Crippen LogP contribution in [0.2, 0.25) is 0 Å². The topological polar surface area (TPSA) is 90.5 Å². The minimum absolute atomic E-state index is 0.0653. The van der Waals surface area contributed by atoms with Crippen LogP contribution in [0.4, 0.5) is 28.8 Å². The van der Waals surface area contributed by atoms with Crippen LogP contribution in [0.5, 0.6) is 0 Å². The Morgan fingerprint density at radius 3 is 2.56 bits per heavy atom. The minimum Gasteiger partial charge on any atom is -0.352 e. The first-order chi connectivity index (χ1) is 17.6. The third kappa shape index (κ3) is 4.63. The lowest BCUT2D eigenvalue weighted by Gasteiger charge is -2.31. The summed E-state index contributed by atoms with van der Waals surface area (Å²) >= 11 is 0. The van der Waals surface area contributed by atoms with Gasteiger partial charge in [-0.3, -0.25) is 9.59 Å². The van der Waals surface area contributed by atoms with E-state index in [0.717, 1.165) is 55.7 Å². The third-order valence-corrected chi connectivity index (χ3v) is 6.95. The van der Waals surface area contributed by atoms with E-state index in [1.165, 1.54) is 0 Å². The lowest BCUT2D eigenvalue weighted by molar-refractivity contribution is 0.0951. The molecule has 186 valence electrons. The van der Waals surface area contributed by atoms with Gasteiger partial charge in [0.25, 0.3) is 11.8 Å². The summed E-state index contributed by atoms with van der Waals surface area (Å²) in [5.41, 5.74) is 3.65. The molecule has 8 nitrogen and oxygen atoms in total. The molecule has 0 bridgehead atoms. The molecule has 0 radical (unpaired) electrons. The smallest absolute Gasteiger partial charge is 0.260 e. The Labute approximate surface area is 211 Å². The molecular formula is C28H32N6O2. The van der Waals surface area contributed by atoms with Crippen molar-refractivity contribution < 1.29 is 9.59 Å². The van der Waals surface area contributed by atoms with E-state index in [1.807, 2.05) is 36.4 Å². The van der Waals surface area contributed by atoms with Crippen molar-refractivity contribution in [2.24, 2.45) is 0 Å². The number of carbonyl (C=O) groups excluding carboxylic acids is 2. The number of hydrogen-bond donors (Lipinski definition) is 2. The Kier molecular flexibility index (Phi) is 6.84. The number of aromatic nitrogens is 2. The van der Waals surface area contributed by atoms with Crippen LogP contribution < -0.4 is 20.4 Å². The van der Waals surface area contributed by atoms with Crippen LogP contribution in [0.3, 0.4) is 0 Å². The van der Waals surface area contributed by atoms with Crippen molar-refractivity contribution in [1.82, 2.24) is 15.3 Å². The Balaban J connectivity index is 1.45. The van der Waals surface area contributed by atoms with E-state index in [9.17, 15) is 9.59 Å². The molecule has 2 aromatic carbocycles. The average Bonchev–Trinajstić information content (AvgIpc) is 3.41. The van der Waals surface area contributed by atoms with Gasteiger partial charge in [0.2, 0.25) is 5.95 Å². The average molecular weight is 485 g/mol. The van der Waals surface area contributed by atoms with E-state index in [4.69, 9.17) is 4.98 Å². The van der Waals surface area contributed by atoms with E-state index in [0.29, 0.717) is 29.3 Å². The van der Waals surface area contributed by atoms with Crippen LogP contribution in [0.1, 0.15) is 66.2 Å². The van der Waals surface area contributed by atoms with Crippen LogP contribution in [-0.2, 0) is 0 Å². The van der Waals surface area contributed by atoms with Crippen molar-refractivity contribution in [2.45, 2.75) is 51.5 Å². The standard InChI is InChI=1S/C28H32N6O2/c1-3-4-17-29-26(35)19-13-15-20(16-14-19)31-28-30-18-24-25(32-28)34(21-9-5-6-10-21)23-12-8-7-11-22(23)27(36)33(24)2/h7-8,11-16,18,21H,3-6,9-10,17H2,1-2H3,(H,29,35)(H,30,31,32). The number of unbranched alkanes of at least 4 members (excludes halogenated alkanes) is 1. The molecule has 0 unspecified atom stereocenters. The number of hydrogen-bond acceptors (Lipinski definition) is 6.